The highest BCUT2D eigenvalue weighted by Crippen LogP contribution is 2.53. The number of nitrogens with zero attached hydrogens (tertiary/aromatic N) is 3. The second kappa shape index (κ2) is 15.0. The molecule has 4 aliphatic rings. The van der Waals surface area contributed by atoms with Crippen molar-refractivity contribution < 1.29 is 0 Å². The highest BCUT2D eigenvalue weighted by Gasteiger charge is 2.47. The Labute approximate surface area is 436 Å². The van der Waals surface area contributed by atoms with E-state index in [0.29, 0.717) is 0 Å². The van der Waals surface area contributed by atoms with Crippen molar-refractivity contribution in [2.75, 3.05) is 9.80 Å². The summed E-state index contributed by atoms with van der Waals surface area (Å²) >= 11 is 0. The molecule has 360 valence electrons. The highest BCUT2D eigenvalue weighted by atomic mass is 15.2. The summed E-state index contributed by atoms with van der Waals surface area (Å²) in [7, 11) is 0. The number of fused-ring (bicyclic) bond motifs is 12. The second-order valence-corrected chi connectivity index (χ2v) is 25.0. The van der Waals surface area contributed by atoms with Gasteiger partial charge in [0, 0.05) is 55.7 Å². The number of hydrogen-bond donors (Lipinski definition) is 0. The van der Waals surface area contributed by atoms with Gasteiger partial charge in [-0.2, -0.15) is 0 Å². The van der Waals surface area contributed by atoms with E-state index in [4.69, 9.17) is 0 Å². The molecule has 4 heterocycles. The molecule has 0 atom stereocenters. The summed E-state index contributed by atoms with van der Waals surface area (Å²) in [5.74, 6) is 0. The van der Waals surface area contributed by atoms with Gasteiger partial charge in [0.05, 0.1) is 16.6 Å². The Kier molecular flexibility index (Phi) is 8.94. The Morgan fingerprint density at radius 1 is 0.338 bits per heavy atom. The van der Waals surface area contributed by atoms with Crippen LogP contribution in [0.4, 0.5) is 34.1 Å². The van der Waals surface area contributed by atoms with Crippen LogP contribution in [0.3, 0.4) is 0 Å². The molecule has 2 aliphatic heterocycles. The third-order valence-corrected chi connectivity index (χ3v) is 18.8. The third kappa shape index (κ3) is 6.09. The molecule has 0 amide bonds. The first kappa shape index (κ1) is 44.0. The van der Waals surface area contributed by atoms with Gasteiger partial charge in [0.25, 0.3) is 6.71 Å². The summed E-state index contributed by atoms with van der Waals surface area (Å²) in [4.78, 5) is 5.29. The molecule has 0 N–H and O–H groups in total. The van der Waals surface area contributed by atoms with Crippen LogP contribution in [0.15, 0.2) is 182 Å². The maximum Gasteiger partial charge on any atom is 0.252 e. The molecule has 2 aromatic heterocycles. The molecule has 9 aromatic carbocycles. The monoisotopic (exact) mass is 956 g/mol. The molecule has 0 unspecified atom stereocenters. The average Bonchev–Trinajstić information content (AvgIpc) is 4.00. The number of benzene rings is 9. The van der Waals surface area contributed by atoms with Gasteiger partial charge < -0.3 is 14.2 Å². The van der Waals surface area contributed by atoms with Gasteiger partial charge in [-0.1, -0.05) is 171 Å². The van der Waals surface area contributed by atoms with Crippen molar-refractivity contribution in [3.8, 4) is 22.3 Å². The first-order valence-corrected chi connectivity index (χ1v) is 27.2. The highest BCUT2D eigenvalue weighted by molar-refractivity contribution is 7.00. The van der Waals surface area contributed by atoms with Crippen molar-refractivity contribution >= 4 is 95.3 Å². The summed E-state index contributed by atoms with van der Waals surface area (Å²) in [6, 6.07) is 70.4. The molecule has 11 aromatic rings. The first-order valence-electron chi connectivity index (χ1n) is 27.2. The number of hydrogen-bond acceptors (Lipinski definition) is 2. The van der Waals surface area contributed by atoms with E-state index in [1.165, 1.54) is 140 Å². The maximum atomic E-state index is 2.69. The molecule has 0 saturated carbocycles. The molecule has 0 radical (unpaired) electrons. The first-order chi connectivity index (χ1) is 35.7. The van der Waals surface area contributed by atoms with Gasteiger partial charge in [-0.15, -0.1) is 0 Å². The minimum Gasteiger partial charge on any atom is -0.311 e. The van der Waals surface area contributed by atoms with Crippen LogP contribution in [0.1, 0.15) is 103 Å². The SMILES string of the molecule is CC1(C)CCC(C)(C)c2cc(N3c4cc5c(cc4B4c6ccc(-c7ccc8c(c7)c7cccc9c%10ccccc%10n8c97)cc6N(c6ccccc6)c6cc(-c7ccccc7)cc3c64)C(C)(C)CCC5(C)C)ccc21. The molecule has 0 spiro atoms. The minimum absolute atomic E-state index is 0.00368. The number of para-hydroxylation sites is 3. The fraction of sp³-hybridized carbons (Fsp3) is 0.229. The average molecular weight is 956 g/mol. The number of aromatic nitrogens is 1. The van der Waals surface area contributed by atoms with Crippen molar-refractivity contribution in [1.29, 1.82) is 0 Å². The third-order valence-electron chi connectivity index (χ3n) is 18.8. The van der Waals surface area contributed by atoms with Crippen LogP contribution in [0.25, 0.3) is 60.3 Å². The molecule has 0 fully saturated rings. The lowest BCUT2D eigenvalue weighted by atomic mass is 9.33. The number of rotatable bonds is 4. The Bertz CT molecular complexity index is 4150. The van der Waals surface area contributed by atoms with Crippen LogP contribution < -0.4 is 26.2 Å². The lowest BCUT2D eigenvalue weighted by Crippen LogP contribution is -2.61. The van der Waals surface area contributed by atoms with Crippen molar-refractivity contribution in [2.45, 2.75) is 103 Å². The lowest BCUT2D eigenvalue weighted by Gasteiger charge is -2.48. The van der Waals surface area contributed by atoms with Crippen LogP contribution in [-0.2, 0) is 21.7 Å². The van der Waals surface area contributed by atoms with Gasteiger partial charge in [0.1, 0.15) is 0 Å². The summed E-state index contributed by atoms with van der Waals surface area (Å²) in [5, 5.41) is 5.22. The van der Waals surface area contributed by atoms with Gasteiger partial charge in [-0.05, 0) is 175 Å². The fourth-order valence-corrected chi connectivity index (χ4v) is 14.5. The normalized spacial score (nSPS) is 17.6. The summed E-state index contributed by atoms with van der Waals surface area (Å²) < 4.78 is 2.48. The molecule has 0 saturated heterocycles. The van der Waals surface area contributed by atoms with Crippen molar-refractivity contribution in [1.82, 2.24) is 4.40 Å². The van der Waals surface area contributed by atoms with E-state index in [2.05, 4.69) is 252 Å². The van der Waals surface area contributed by atoms with Gasteiger partial charge in [-0.3, -0.25) is 0 Å². The Balaban J connectivity index is 1.02. The summed E-state index contributed by atoms with van der Waals surface area (Å²) in [5.41, 5.74) is 26.5. The van der Waals surface area contributed by atoms with E-state index in [1.807, 2.05) is 0 Å². The Morgan fingerprint density at radius 2 is 0.865 bits per heavy atom. The van der Waals surface area contributed by atoms with Gasteiger partial charge >= 0.3 is 0 Å². The predicted molar refractivity (Wildman–Crippen MR) is 317 cm³/mol. The molecule has 0 bridgehead atoms. The zero-order valence-corrected chi connectivity index (χ0v) is 44.1. The van der Waals surface area contributed by atoms with E-state index >= 15 is 0 Å². The Morgan fingerprint density at radius 3 is 1.58 bits per heavy atom. The second-order valence-electron chi connectivity index (χ2n) is 25.0. The summed E-state index contributed by atoms with van der Waals surface area (Å²) in [6.45, 7) is 19.8. The Hall–Kier alpha value is -7.56. The zero-order chi connectivity index (χ0) is 50.2. The maximum absolute atomic E-state index is 2.69. The largest absolute Gasteiger partial charge is 0.311 e. The summed E-state index contributed by atoms with van der Waals surface area (Å²) in [6.07, 6.45) is 4.68. The van der Waals surface area contributed by atoms with Crippen LogP contribution >= 0.6 is 0 Å². The quantitative estimate of drug-likeness (QED) is 0.163. The zero-order valence-electron chi connectivity index (χ0n) is 44.1. The van der Waals surface area contributed by atoms with Gasteiger partial charge in [-0.25, -0.2) is 0 Å². The lowest BCUT2D eigenvalue weighted by molar-refractivity contribution is 0.332. The van der Waals surface area contributed by atoms with Crippen LogP contribution in [-0.4, -0.2) is 11.1 Å². The van der Waals surface area contributed by atoms with E-state index in [-0.39, 0.29) is 28.4 Å². The van der Waals surface area contributed by atoms with Crippen molar-refractivity contribution in [2.24, 2.45) is 0 Å². The topological polar surface area (TPSA) is 10.9 Å². The molecule has 4 heteroatoms. The fourth-order valence-electron chi connectivity index (χ4n) is 14.5. The predicted octanol–water partition coefficient (Wildman–Crippen LogP) is 17.0. The molecular formula is C70H62BN3. The standard InChI is InChI=1S/C70H62BN3/c1-67(2)32-33-68(3,4)54-40-48(28-29-53(54)67)73-62-42-56-55(69(5,6)34-35-70(56,7)8)41-58(62)71-57-30-26-45(44-27-31-60-52(36-44)51-24-17-23-50-49-22-15-16-25-59(49)74(60)66(50)51)37-61(57)72(47-20-13-10-14-21-47)63-38-46(39-64(73)65(63)71)43-18-11-9-12-19-43/h9-31,36-42H,32-35H2,1-8H3. The van der Waals surface area contributed by atoms with Crippen molar-refractivity contribution in [3.05, 3.63) is 204 Å². The van der Waals surface area contributed by atoms with Gasteiger partial charge in [0.2, 0.25) is 0 Å². The molecule has 15 rings (SSSR count). The van der Waals surface area contributed by atoms with Gasteiger partial charge in [0.15, 0.2) is 0 Å². The van der Waals surface area contributed by atoms with Crippen LogP contribution in [0, 0.1) is 0 Å². The number of anilines is 6. The molecular weight excluding hydrogens is 894 g/mol. The van der Waals surface area contributed by atoms with E-state index < -0.39 is 0 Å². The smallest absolute Gasteiger partial charge is 0.252 e. The van der Waals surface area contributed by atoms with Crippen molar-refractivity contribution in [3.63, 3.8) is 0 Å². The van der Waals surface area contributed by atoms with E-state index in [9.17, 15) is 0 Å². The molecule has 2 aliphatic carbocycles. The molecule has 74 heavy (non-hydrogen) atoms. The van der Waals surface area contributed by atoms with E-state index in [1.54, 1.807) is 0 Å². The van der Waals surface area contributed by atoms with Crippen LogP contribution in [0.2, 0.25) is 0 Å². The minimum atomic E-state index is -0.00368. The van der Waals surface area contributed by atoms with Crippen LogP contribution in [0.5, 0.6) is 0 Å². The molecule has 3 nitrogen and oxygen atoms in total. The van der Waals surface area contributed by atoms with E-state index in [0.717, 1.165) is 18.5 Å².